The molecule has 2 heterocycles. The molecule has 1 unspecified atom stereocenters. The number of carbonyl (C=O) groups excluding carboxylic acids is 1. The molecule has 1 saturated heterocycles. The van der Waals surface area contributed by atoms with Crippen LogP contribution in [0.2, 0.25) is 0 Å². The van der Waals surface area contributed by atoms with Gasteiger partial charge in [-0.3, -0.25) is 9.89 Å². The van der Waals surface area contributed by atoms with E-state index in [1.807, 2.05) is 14.0 Å². The third kappa shape index (κ3) is 7.23. The lowest BCUT2D eigenvalue weighted by Gasteiger charge is -2.38. The number of nitrogens with one attached hydrogen (secondary N) is 2. The molecule has 1 aromatic carbocycles. The Balaban J connectivity index is 0.00000363. The number of likely N-dealkylation sites (tertiary alicyclic amines) is 1. The van der Waals surface area contributed by atoms with Crippen molar-refractivity contribution in [3.05, 3.63) is 35.4 Å². The number of rotatable bonds is 6. The molecule has 7 nitrogen and oxygen atoms in total. The fourth-order valence-corrected chi connectivity index (χ4v) is 4.60. The fourth-order valence-electron chi connectivity index (χ4n) is 4.60. The van der Waals surface area contributed by atoms with Crippen molar-refractivity contribution in [2.24, 2.45) is 10.9 Å². The number of carbonyl (C=O) groups is 1. The summed E-state index contributed by atoms with van der Waals surface area (Å²) in [5.41, 5.74) is 2.94. The van der Waals surface area contributed by atoms with Crippen LogP contribution in [-0.2, 0) is 17.7 Å². The Labute approximate surface area is 210 Å². The second-order valence-corrected chi connectivity index (χ2v) is 8.86. The lowest BCUT2D eigenvalue weighted by atomic mass is 9.95. The minimum atomic E-state index is -0.202. The highest BCUT2D eigenvalue weighted by Gasteiger charge is 2.27. The summed E-state index contributed by atoms with van der Waals surface area (Å²) < 4.78 is 5.11. The first-order valence-corrected chi connectivity index (χ1v) is 11.7. The Morgan fingerprint density at radius 1 is 1.19 bits per heavy atom. The SMILES string of the molecule is CCOC(=O)N1CCC(NC(=NC)NCC(C(C)C)N2CCc3ccccc3C2)CC1.I. The number of aliphatic imine (C=N–C) groups is 1. The van der Waals surface area contributed by atoms with Crippen LogP contribution in [0.5, 0.6) is 0 Å². The molecule has 1 amide bonds. The third-order valence-corrected chi connectivity index (χ3v) is 6.46. The molecular weight excluding hydrogens is 517 g/mol. The van der Waals surface area contributed by atoms with E-state index in [2.05, 4.69) is 58.6 Å². The quantitative estimate of drug-likeness (QED) is 0.319. The van der Waals surface area contributed by atoms with Gasteiger partial charge in [-0.15, -0.1) is 24.0 Å². The fraction of sp³-hybridized carbons (Fsp3) is 0.667. The second-order valence-electron chi connectivity index (χ2n) is 8.86. The van der Waals surface area contributed by atoms with Crippen LogP contribution in [0.1, 0.15) is 44.7 Å². The first-order chi connectivity index (χ1) is 15.0. The zero-order chi connectivity index (χ0) is 22.2. The molecule has 2 aliphatic rings. The summed E-state index contributed by atoms with van der Waals surface area (Å²) in [5, 5.41) is 7.12. The van der Waals surface area contributed by atoms with Gasteiger partial charge in [0, 0.05) is 51.9 Å². The Morgan fingerprint density at radius 3 is 2.50 bits per heavy atom. The minimum Gasteiger partial charge on any atom is -0.450 e. The molecule has 2 aliphatic heterocycles. The molecule has 180 valence electrons. The molecule has 0 spiro atoms. The van der Waals surface area contributed by atoms with Crippen molar-refractivity contribution in [3.63, 3.8) is 0 Å². The van der Waals surface area contributed by atoms with Crippen LogP contribution < -0.4 is 10.6 Å². The molecular formula is C24H40IN5O2. The van der Waals surface area contributed by atoms with Crippen LogP contribution in [0.25, 0.3) is 0 Å². The number of piperidine rings is 1. The van der Waals surface area contributed by atoms with Crippen molar-refractivity contribution < 1.29 is 9.53 Å². The van der Waals surface area contributed by atoms with Gasteiger partial charge in [0.2, 0.25) is 0 Å². The maximum absolute atomic E-state index is 11.9. The van der Waals surface area contributed by atoms with Gasteiger partial charge in [-0.1, -0.05) is 38.1 Å². The number of guanidine groups is 1. The van der Waals surface area contributed by atoms with Crippen molar-refractivity contribution >= 4 is 36.0 Å². The Kier molecular flexibility index (Phi) is 11.0. The maximum Gasteiger partial charge on any atom is 0.409 e. The van der Waals surface area contributed by atoms with E-state index in [9.17, 15) is 4.79 Å². The van der Waals surface area contributed by atoms with Crippen LogP contribution in [0, 0.1) is 5.92 Å². The molecule has 1 fully saturated rings. The summed E-state index contributed by atoms with van der Waals surface area (Å²) >= 11 is 0. The molecule has 32 heavy (non-hydrogen) atoms. The van der Waals surface area contributed by atoms with E-state index >= 15 is 0 Å². The number of benzene rings is 1. The highest BCUT2D eigenvalue weighted by atomic mass is 127. The number of nitrogens with zero attached hydrogens (tertiary/aromatic N) is 3. The average Bonchev–Trinajstić information content (AvgIpc) is 2.78. The van der Waals surface area contributed by atoms with Crippen molar-refractivity contribution in [2.75, 3.05) is 39.8 Å². The van der Waals surface area contributed by atoms with Crippen molar-refractivity contribution in [3.8, 4) is 0 Å². The lowest BCUT2D eigenvalue weighted by molar-refractivity contribution is 0.0962. The number of ether oxygens (including phenoxy) is 1. The molecule has 2 N–H and O–H groups in total. The number of hydrogen-bond acceptors (Lipinski definition) is 4. The van der Waals surface area contributed by atoms with E-state index in [1.165, 1.54) is 11.1 Å². The molecule has 8 heteroatoms. The van der Waals surface area contributed by atoms with Crippen LogP contribution in [0.4, 0.5) is 4.79 Å². The normalized spacial score (nSPS) is 18.5. The summed E-state index contributed by atoms with van der Waals surface area (Å²) in [7, 11) is 1.82. The zero-order valence-corrected chi connectivity index (χ0v) is 22.3. The van der Waals surface area contributed by atoms with Crippen molar-refractivity contribution in [2.45, 2.75) is 58.7 Å². The lowest BCUT2D eigenvalue weighted by Crippen LogP contribution is -2.53. The van der Waals surface area contributed by atoms with Gasteiger partial charge in [0.05, 0.1) is 6.61 Å². The van der Waals surface area contributed by atoms with Crippen LogP contribution in [-0.4, -0.2) is 73.8 Å². The predicted octanol–water partition coefficient (Wildman–Crippen LogP) is 3.47. The largest absolute Gasteiger partial charge is 0.450 e. The average molecular weight is 558 g/mol. The Morgan fingerprint density at radius 2 is 1.88 bits per heavy atom. The molecule has 0 radical (unpaired) electrons. The molecule has 0 aliphatic carbocycles. The third-order valence-electron chi connectivity index (χ3n) is 6.46. The van der Waals surface area contributed by atoms with Gasteiger partial charge in [-0.2, -0.15) is 0 Å². The number of halogens is 1. The number of hydrogen-bond donors (Lipinski definition) is 2. The van der Waals surface area contributed by atoms with Crippen LogP contribution in [0.15, 0.2) is 29.3 Å². The topological polar surface area (TPSA) is 69.2 Å². The van der Waals surface area contributed by atoms with Crippen molar-refractivity contribution in [1.82, 2.24) is 20.4 Å². The predicted molar refractivity (Wildman–Crippen MR) is 141 cm³/mol. The first kappa shape index (κ1) is 26.7. The zero-order valence-electron chi connectivity index (χ0n) is 20.0. The molecule has 0 bridgehead atoms. The monoisotopic (exact) mass is 557 g/mol. The second kappa shape index (κ2) is 13.2. The molecule has 0 saturated carbocycles. The van der Waals surface area contributed by atoms with Gasteiger partial charge in [0.15, 0.2) is 5.96 Å². The number of fused-ring (bicyclic) bond motifs is 1. The van der Waals surface area contributed by atoms with E-state index in [4.69, 9.17) is 4.74 Å². The van der Waals surface area contributed by atoms with E-state index in [0.717, 1.165) is 57.9 Å². The van der Waals surface area contributed by atoms with E-state index < -0.39 is 0 Å². The van der Waals surface area contributed by atoms with Crippen molar-refractivity contribution in [1.29, 1.82) is 0 Å². The van der Waals surface area contributed by atoms with Gasteiger partial charge in [-0.25, -0.2) is 4.79 Å². The van der Waals surface area contributed by atoms with Crippen LogP contribution in [0.3, 0.4) is 0 Å². The molecule has 0 aromatic heterocycles. The molecule has 1 aromatic rings. The van der Waals surface area contributed by atoms with E-state index in [-0.39, 0.29) is 30.1 Å². The smallest absolute Gasteiger partial charge is 0.409 e. The van der Waals surface area contributed by atoms with Gasteiger partial charge < -0.3 is 20.3 Å². The molecule has 1 atom stereocenters. The summed E-state index contributed by atoms with van der Waals surface area (Å²) in [4.78, 5) is 20.7. The highest BCUT2D eigenvalue weighted by Crippen LogP contribution is 2.22. The number of amides is 1. The van der Waals surface area contributed by atoms with Gasteiger partial charge in [0.25, 0.3) is 0 Å². The maximum atomic E-state index is 11.9. The van der Waals surface area contributed by atoms with E-state index in [1.54, 1.807) is 4.90 Å². The van der Waals surface area contributed by atoms with Gasteiger partial charge in [-0.05, 0) is 43.2 Å². The molecule has 3 rings (SSSR count). The summed E-state index contributed by atoms with van der Waals surface area (Å²) in [6.45, 7) is 11.3. The summed E-state index contributed by atoms with van der Waals surface area (Å²) in [6.07, 6.45) is 2.71. The first-order valence-electron chi connectivity index (χ1n) is 11.7. The standard InChI is InChI=1S/C24H39N5O2.HI/c1-5-31-24(30)28-14-11-21(12-15-28)27-23(25-4)26-16-22(18(2)3)29-13-10-19-8-6-7-9-20(19)17-29;/h6-9,18,21-22H,5,10-17H2,1-4H3,(H2,25,26,27);1H. The van der Waals surface area contributed by atoms with Crippen LogP contribution >= 0.6 is 24.0 Å². The van der Waals surface area contributed by atoms with E-state index in [0.29, 0.717) is 24.6 Å². The Bertz CT molecular complexity index is 750. The Hall–Kier alpha value is -1.55. The highest BCUT2D eigenvalue weighted by molar-refractivity contribution is 14.0. The summed E-state index contributed by atoms with van der Waals surface area (Å²) in [5.74, 6) is 1.39. The minimum absolute atomic E-state index is 0. The van der Waals surface area contributed by atoms with Gasteiger partial charge in [0.1, 0.15) is 0 Å². The van der Waals surface area contributed by atoms with Gasteiger partial charge >= 0.3 is 6.09 Å². The summed E-state index contributed by atoms with van der Waals surface area (Å²) in [6, 6.07) is 9.56.